The summed E-state index contributed by atoms with van der Waals surface area (Å²) in [4.78, 5) is 11.4. The van der Waals surface area contributed by atoms with Crippen LogP contribution in [0.2, 0.25) is 0 Å². The number of aryl methyl sites for hydroxylation is 2. The van der Waals surface area contributed by atoms with E-state index in [1.165, 1.54) is 18.2 Å². The van der Waals surface area contributed by atoms with Crippen LogP contribution in [0.3, 0.4) is 0 Å². The van der Waals surface area contributed by atoms with Gasteiger partial charge < -0.3 is 5.32 Å². The Labute approximate surface area is 200 Å². The number of fused-ring (bicyclic) bond motifs is 1. The second kappa shape index (κ2) is 9.07. The number of anilines is 2. The van der Waals surface area contributed by atoms with Crippen molar-refractivity contribution in [2.24, 2.45) is 10.2 Å². The van der Waals surface area contributed by atoms with Crippen molar-refractivity contribution >= 4 is 54.0 Å². The number of benzene rings is 3. The number of hydrogen-bond donors (Lipinski definition) is 3. The van der Waals surface area contributed by atoms with Crippen molar-refractivity contribution in [1.29, 1.82) is 0 Å². The Morgan fingerprint density at radius 2 is 1.31 bits per heavy atom. The lowest BCUT2D eigenvalue weighted by Crippen LogP contribution is -2.03. The molecule has 4 aromatic rings. The van der Waals surface area contributed by atoms with Crippen molar-refractivity contribution in [3.05, 3.63) is 66.2 Å². The van der Waals surface area contributed by atoms with Gasteiger partial charge in [0.15, 0.2) is 0 Å². The molecule has 0 atom stereocenters. The summed E-state index contributed by atoms with van der Waals surface area (Å²) in [5, 5.41) is 10.8. The van der Waals surface area contributed by atoms with Crippen LogP contribution < -0.4 is 5.32 Å². The second-order valence-corrected chi connectivity index (χ2v) is 10.2. The van der Waals surface area contributed by atoms with Gasteiger partial charge >= 0.3 is 0 Å². The number of nitrogens with zero attached hydrogens (tertiary/aromatic N) is 5. The summed E-state index contributed by atoms with van der Waals surface area (Å²) in [6, 6.07) is 12.6. The Morgan fingerprint density at radius 3 is 1.91 bits per heavy atom. The van der Waals surface area contributed by atoms with Crippen LogP contribution in [-0.2, 0) is 20.2 Å². The van der Waals surface area contributed by atoms with E-state index in [1.807, 2.05) is 0 Å². The third kappa shape index (κ3) is 5.63. The fraction of sp³-hybridized carbons (Fsp3) is 0.0952. The maximum absolute atomic E-state index is 11.9. The molecule has 0 amide bonds. The normalized spacial score (nSPS) is 12.3. The predicted octanol–water partition coefficient (Wildman–Crippen LogP) is 4.29. The largest absolute Gasteiger partial charge is 0.324 e. The highest BCUT2D eigenvalue weighted by Gasteiger charge is 2.21. The highest BCUT2D eigenvalue weighted by Crippen LogP contribution is 2.33. The zero-order chi connectivity index (χ0) is 25.4. The maximum Gasteiger partial charge on any atom is 0.295 e. The fourth-order valence-electron chi connectivity index (χ4n) is 3.33. The van der Waals surface area contributed by atoms with E-state index < -0.39 is 30.0 Å². The van der Waals surface area contributed by atoms with Crippen molar-refractivity contribution in [2.45, 2.75) is 23.6 Å². The Balaban J connectivity index is 1.68. The van der Waals surface area contributed by atoms with Crippen LogP contribution >= 0.6 is 0 Å². The van der Waals surface area contributed by atoms with E-state index in [1.54, 1.807) is 38.1 Å². The first-order valence-electron chi connectivity index (χ1n) is 9.90. The summed E-state index contributed by atoms with van der Waals surface area (Å²) in [7, 11) is -9.42. The summed E-state index contributed by atoms with van der Waals surface area (Å²) in [6.07, 6.45) is 0. The SMILES string of the molecule is Cc1nc(C)nc(Nc2ccc(N=Nc3cc(S(=O)(=O)O)c4cccc(S(=O)(=O)O)c4c3)cc2)n1. The molecule has 0 aliphatic rings. The highest BCUT2D eigenvalue weighted by molar-refractivity contribution is 7.86. The topological polar surface area (TPSA) is 184 Å². The van der Waals surface area contributed by atoms with Gasteiger partial charge in [0.1, 0.15) is 21.4 Å². The van der Waals surface area contributed by atoms with E-state index in [2.05, 4.69) is 30.5 Å². The van der Waals surface area contributed by atoms with Crippen LogP contribution in [0.4, 0.5) is 23.0 Å². The standard InChI is InChI=1S/C21H18N6O6S2/c1-12-22-13(2)24-21(23-12)25-14-6-8-15(9-7-14)26-27-16-10-18-17(20(11-16)35(31,32)33)4-3-5-19(18)34(28,29)30/h3-11H,1-2H3,(H,28,29,30)(H,31,32,33)(H,22,23,24,25). The molecule has 0 aliphatic heterocycles. The van der Waals surface area contributed by atoms with Gasteiger partial charge in [0.05, 0.1) is 11.4 Å². The molecule has 0 aliphatic carbocycles. The van der Waals surface area contributed by atoms with Gasteiger partial charge in [0.25, 0.3) is 20.2 Å². The molecular weight excluding hydrogens is 496 g/mol. The van der Waals surface area contributed by atoms with Gasteiger partial charge in [0.2, 0.25) is 5.95 Å². The number of hydrogen-bond acceptors (Lipinski definition) is 10. The Hall–Kier alpha value is -3.85. The third-order valence-corrected chi connectivity index (χ3v) is 6.53. The smallest absolute Gasteiger partial charge is 0.295 e. The molecule has 1 aromatic heterocycles. The van der Waals surface area contributed by atoms with Crippen LogP contribution in [0, 0.1) is 13.8 Å². The van der Waals surface area contributed by atoms with Crippen LogP contribution in [0.1, 0.15) is 11.6 Å². The molecule has 0 saturated heterocycles. The molecule has 0 spiro atoms. The molecular formula is C21H18N6O6S2. The Kier molecular flexibility index (Phi) is 6.29. The number of rotatable bonds is 6. The average molecular weight is 515 g/mol. The summed E-state index contributed by atoms with van der Waals surface area (Å²) >= 11 is 0. The van der Waals surface area contributed by atoms with Crippen LogP contribution in [-0.4, -0.2) is 40.9 Å². The second-order valence-electron chi connectivity index (χ2n) is 7.37. The van der Waals surface area contributed by atoms with Gasteiger partial charge in [-0.05, 0) is 56.3 Å². The Morgan fingerprint density at radius 1 is 0.714 bits per heavy atom. The number of aromatic nitrogens is 3. The molecule has 0 radical (unpaired) electrons. The maximum atomic E-state index is 11.9. The van der Waals surface area contributed by atoms with Crippen LogP contribution in [0.5, 0.6) is 0 Å². The first kappa shape index (κ1) is 24.3. The minimum atomic E-state index is -4.74. The molecule has 0 fully saturated rings. The van der Waals surface area contributed by atoms with Crippen molar-refractivity contribution in [2.75, 3.05) is 5.32 Å². The molecule has 14 heteroatoms. The molecule has 3 aromatic carbocycles. The minimum absolute atomic E-state index is 0.0560. The average Bonchev–Trinajstić information content (AvgIpc) is 2.75. The van der Waals surface area contributed by atoms with Crippen molar-refractivity contribution < 1.29 is 25.9 Å². The number of azo groups is 1. The molecule has 4 rings (SSSR count). The zero-order valence-electron chi connectivity index (χ0n) is 18.3. The molecule has 35 heavy (non-hydrogen) atoms. The van der Waals surface area contributed by atoms with E-state index in [0.29, 0.717) is 29.0 Å². The van der Waals surface area contributed by atoms with Gasteiger partial charge in [-0.2, -0.15) is 37.0 Å². The van der Waals surface area contributed by atoms with Gasteiger partial charge in [-0.25, -0.2) is 4.98 Å². The molecule has 3 N–H and O–H groups in total. The number of nitrogens with one attached hydrogen (secondary N) is 1. The van der Waals surface area contributed by atoms with Gasteiger partial charge in [-0.15, -0.1) is 0 Å². The van der Waals surface area contributed by atoms with E-state index in [0.717, 1.165) is 12.1 Å². The summed E-state index contributed by atoms with van der Waals surface area (Å²) in [6.45, 7) is 3.50. The molecule has 0 bridgehead atoms. The van der Waals surface area contributed by atoms with Crippen LogP contribution in [0.15, 0.2) is 74.6 Å². The van der Waals surface area contributed by atoms with Gasteiger partial charge in [-0.1, -0.05) is 12.1 Å². The van der Waals surface area contributed by atoms with Gasteiger partial charge in [-0.3, -0.25) is 9.11 Å². The third-order valence-electron chi connectivity index (χ3n) is 4.72. The molecule has 1 heterocycles. The van der Waals surface area contributed by atoms with E-state index in [4.69, 9.17) is 0 Å². The zero-order valence-corrected chi connectivity index (χ0v) is 19.9. The van der Waals surface area contributed by atoms with E-state index in [-0.39, 0.29) is 16.5 Å². The monoisotopic (exact) mass is 514 g/mol. The summed E-state index contributed by atoms with van der Waals surface area (Å²) in [5.41, 5.74) is 1.01. The first-order chi connectivity index (χ1) is 16.4. The molecule has 12 nitrogen and oxygen atoms in total. The van der Waals surface area contributed by atoms with E-state index in [9.17, 15) is 25.9 Å². The van der Waals surface area contributed by atoms with Gasteiger partial charge in [0, 0.05) is 16.5 Å². The molecule has 0 unspecified atom stereocenters. The lowest BCUT2D eigenvalue weighted by Gasteiger charge is -2.08. The van der Waals surface area contributed by atoms with E-state index >= 15 is 0 Å². The lowest BCUT2D eigenvalue weighted by molar-refractivity contribution is 0.481. The van der Waals surface area contributed by atoms with Crippen molar-refractivity contribution in [1.82, 2.24) is 15.0 Å². The Bertz CT molecular complexity index is 1670. The lowest BCUT2D eigenvalue weighted by atomic mass is 10.1. The predicted molar refractivity (Wildman–Crippen MR) is 127 cm³/mol. The quantitative estimate of drug-likeness (QED) is 0.247. The highest BCUT2D eigenvalue weighted by atomic mass is 32.2. The molecule has 180 valence electrons. The fourth-order valence-corrected chi connectivity index (χ4v) is 4.76. The summed E-state index contributed by atoms with van der Waals surface area (Å²) < 4.78 is 66.5. The molecule has 0 saturated carbocycles. The summed E-state index contributed by atoms with van der Waals surface area (Å²) in [5.74, 6) is 1.53. The van der Waals surface area contributed by atoms with Crippen molar-refractivity contribution in [3.8, 4) is 0 Å². The van der Waals surface area contributed by atoms with Crippen LogP contribution in [0.25, 0.3) is 10.8 Å². The first-order valence-corrected chi connectivity index (χ1v) is 12.8. The van der Waals surface area contributed by atoms with Crippen molar-refractivity contribution in [3.63, 3.8) is 0 Å². The minimum Gasteiger partial charge on any atom is -0.324 e.